The Kier molecular flexibility index (Phi) is 3.66. The quantitative estimate of drug-likeness (QED) is 0.782. The van der Waals surface area contributed by atoms with Crippen molar-refractivity contribution in [2.45, 2.75) is 13.2 Å². The summed E-state index contributed by atoms with van der Waals surface area (Å²) in [5.74, 6) is -0.163. The normalized spacial score (nSPS) is 19.1. The smallest absolute Gasteiger partial charge is 0.266 e. The van der Waals surface area contributed by atoms with Gasteiger partial charge in [-0.05, 0) is 46.5 Å². The summed E-state index contributed by atoms with van der Waals surface area (Å²) in [6.45, 7) is 1.80. The molecule has 0 aromatic carbocycles. The molecule has 0 radical (unpaired) electrons. The first kappa shape index (κ1) is 12.3. The van der Waals surface area contributed by atoms with Crippen molar-refractivity contribution in [2.24, 2.45) is 0 Å². The number of carbonyl (C=O) groups is 1. The Balaban J connectivity index is 2.13. The maximum Gasteiger partial charge on any atom is 0.266 e. The van der Waals surface area contributed by atoms with Crippen molar-refractivity contribution in [1.29, 1.82) is 0 Å². The lowest BCUT2D eigenvalue weighted by Gasteiger charge is -2.19. The number of aliphatic hydroxyl groups excluding tert-OH is 1. The molecule has 0 saturated heterocycles. The van der Waals surface area contributed by atoms with Crippen LogP contribution in [0, 0.1) is 0 Å². The number of carbonyl (C=O) groups excluding carboxylic acids is 1. The van der Waals surface area contributed by atoms with E-state index in [0.29, 0.717) is 10.6 Å². The summed E-state index contributed by atoms with van der Waals surface area (Å²) in [6, 6.07) is 1.83. The summed E-state index contributed by atoms with van der Waals surface area (Å²) in [5.41, 5.74) is 1.40. The van der Waals surface area contributed by atoms with E-state index >= 15 is 0 Å². The molecule has 0 bridgehead atoms. The number of thiophene rings is 1. The van der Waals surface area contributed by atoms with Crippen LogP contribution >= 0.6 is 27.3 Å². The predicted molar refractivity (Wildman–Crippen MR) is 70.5 cm³/mol. The van der Waals surface area contributed by atoms with Crippen LogP contribution in [0.4, 0.5) is 0 Å². The van der Waals surface area contributed by atoms with E-state index in [4.69, 9.17) is 0 Å². The van der Waals surface area contributed by atoms with Crippen molar-refractivity contribution in [3.8, 4) is 0 Å². The highest BCUT2D eigenvalue weighted by molar-refractivity contribution is 9.10. The molecule has 3 N–H and O–H groups in total. The summed E-state index contributed by atoms with van der Waals surface area (Å²) in [6.07, 6.45) is 2.58. The Morgan fingerprint density at radius 2 is 2.41 bits per heavy atom. The fourth-order valence-electron chi connectivity index (χ4n) is 1.43. The standard InChI is InChI=1S/C11H11BrN2O2S/c1-6-8(2-3-9(15)13-6)14-11(16)10-7(12)4-5-17-10/h2-5,9,13,15H,1H3,(H,14,16). The molecular weight excluding hydrogens is 304 g/mol. The lowest BCUT2D eigenvalue weighted by atomic mass is 10.2. The van der Waals surface area contributed by atoms with E-state index in [1.807, 2.05) is 11.4 Å². The average Bonchev–Trinajstić information content (AvgIpc) is 2.68. The molecule has 1 aliphatic heterocycles. The predicted octanol–water partition coefficient (Wildman–Crippen LogP) is 1.95. The zero-order valence-electron chi connectivity index (χ0n) is 9.03. The molecule has 2 heterocycles. The van der Waals surface area contributed by atoms with Gasteiger partial charge in [0.1, 0.15) is 11.1 Å². The molecule has 1 atom stereocenters. The fraction of sp³-hybridized carbons (Fsp3) is 0.182. The van der Waals surface area contributed by atoms with Crippen LogP contribution in [0.5, 0.6) is 0 Å². The third kappa shape index (κ3) is 2.77. The lowest BCUT2D eigenvalue weighted by molar-refractivity contribution is 0.0968. The van der Waals surface area contributed by atoms with Gasteiger partial charge in [-0.3, -0.25) is 4.79 Å². The Hall–Kier alpha value is -1.11. The molecule has 0 aliphatic carbocycles. The Morgan fingerprint density at radius 1 is 1.65 bits per heavy atom. The zero-order valence-corrected chi connectivity index (χ0v) is 11.4. The monoisotopic (exact) mass is 314 g/mol. The van der Waals surface area contributed by atoms with Gasteiger partial charge in [-0.2, -0.15) is 0 Å². The summed E-state index contributed by atoms with van der Waals surface area (Å²) < 4.78 is 0.783. The van der Waals surface area contributed by atoms with E-state index in [0.717, 1.165) is 10.2 Å². The van der Waals surface area contributed by atoms with Gasteiger partial charge in [0.25, 0.3) is 5.91 Å². The Labute approximate surface area is 111 Å². The average molecular weight is 315 g/mol. The SMILES string of the molecule is CC1=C(NC(=O)c2sccc2Br)C=CC(O)N1. The summed E-state index contributed by atoms with van der Waals surface area (Å²) >= 11 is 4.69. The van der Waals surface area contributed by atoms with Crippen LogP contribution in [-0.4, -0.2) is 17.2 Å². The van der Waals surface area contributed by atoms with Crippen LogP contribution in [0.3, 0.4) is 0 Å². The number of aliphatic hydroxyl groups is 1. The molecule has 17 heavy (non-hydrogen) atoms. The van der Waals surface area contributed by atoms with Crippen molar-refractivity contribution in [2.75, 3.05) is 0 Å². The van der Waals surface area contributed by atoms with Gasteiger partial charge in [-0.25, -0.2) is 0 Å². The zero-order chi connectivity index (χ0) is 12.4. The van der Waals surface area contributed by atoms with E-state index in [-0.39, 0.29) is 5.91 Å². The number of hydrogen-bond donors (Lipinski definition) is 3. The molecule has 1 aromatic heterocycles. The van der Waals surface area contributed by atoms with Gasteiger partial charge in [0.15, 0.2) is 0 Å². The molecule has 0 saturated carbocycles. The molecule has 1 aromatic rings. The van der Waals surface area contributed by atoms with Crippen LogP contribution in [0.15, 0.2) is 39.5 Å². The van der Waals surface area contributed by atoms with Crippen molar-refractivity contribution in [3.05, 3.63) is 44.3 Å². The van der Waals surface area contributed by atoms with Crippen molar-refractivity contribution in [3.63, 3.8) is 0 Å². The van der Waals surface area contributed by atoms with Crippen LogP contribution in [-0.2, 0) is 0 Å². The molecule has 4 nitrogen and oxygen atoms in total. The highest BCUT2D eigenvalue weighted by Crippen LogP contribution is 2.23. The van der Waals surface area contributed by atoms with E-state index in [1.165, 1.54) is 11.3 Å². The molecule has 0 spiro atoms. The first-order valence-corrected chi connectivity index (χ1v) is 6.63. The molecule has 1 amide bonds. The number of hydrogen-bond acceptors (Lipinski definition) is 4. The maximum absolute atomic E-state index is 11.9. The van der Waals surface area contributed by atoms with Gasteiger partial charge >= 0.3 is 0 Å². The van der Waals surface area contributed by atoms with Crippen LogP contribution < -0.4 is 10.6 Å². The highest BCUT2D eigenvalue weighted by Gasteiger charge is 2.15. The van der Waals surface area contributed by atoms with Crippen LogP contribution in [0.25, 0.3) is 0 Å². The minimum Gasteiger partial charge on any atom is -0.370 e. The lowest BCUT2D eigenvalue weighted by Crippen LogP contribution is -2.33. The first-order valence-electron chi connectivity index (χ1n) is 4.96. The van der Waals surface area contributed by atoms with Gasteiger partial charge in [0, 0.05) is 10.2 Å². The maximum atomic E-state index is 11.9. The third-order valence-corrected chi connectivity index (χ3v) is 4.12. The highest BCUT2D eigenvalue weighted by atomic mass is 79.9. The first-order chi connectivity index (χ1) is 8.08. The summed E-state index contributed by atoms with van der Waals surface area (Å²) in [7, 11) is 0. The molecule has 1 aliphatic rings. The number of nitrogens with one attached hydrogen (secondary N) is 2. The van der Waals surface area contributed by atoms with E-state index in [1.54, 1.807) is 19.1 Å². The number of allylic oxidation sites excluding steroid dienone is 2. The van der Waals surface area contributed by atoms with Crippen molar-refractivity contribution in [1.82, 2.24) is 10.6 Å². The van der Waals surface area contributed by atoms with Crippen LogP contribution in [0.2, 0.25) is 0 Å². The molecule has 90 valence electrons. The van der Waals surface area contributed by atoms with Crippen LogP contribution in [0.1, 0.15) is 16.6 Å². The number of halogens is 1. The van der Waals surface area contributed by atoms with Gasteiger partial charge in [0.2, 0.25) is 0 Å². The molecule has 6 heteroatoms. The third-order valence-electron chi connectivity index (χ3n) is 2.29. The van der Waals surface area contributed by atoms with Gasteiger partial charge < -0.3 is 15.7 Å². The Bertz CT molecular complexity index is 507. The molecular formula is C11H11BrN2O2S. The van der Waals surface area contributed by atoms with Gasteiger partial charge in [0.05, 0.1) is 5.70 Å². The molecule has 1 unspecified atom stereocenters. The van der Waals surface area contributed by atoms with Crippen molar-refractivity contribution < 1.29 is 9.90 Å². The number of rotatable bonds is 2. The van der Waals surface area contributed by atoms with Gasteiger partial charge in [-0.1, -0.05) is 0 Å². The summed E-state index contributed by atoms with van der Waals surface area (Å²) in [4.78, 5) is 12.6. The van der Waals surface area contributed by atoms with Crippen molar-refractivity contribution >= 4 is 33.2 Å². The summed E-state index contributed by atoms with van der Waals surface area (Å²) in [5, 5.41) is 16.8. The number of dihydropyridines is 1. The molecule has 2 rings (SSSR count). The second kappa shape index (κ2) is 5.03. The van der Waals surface area contributed by atoms with E-state index < -0.39 is 6.23 Å². The van der Waals surface area contributed by atoms with E-state index in [9.17, 15) is 9.90 Å². The molecule has 0 fully saturated rings. The second-order valence-corrected chi connectivity index (χ2v) is 5.31. The largest absolute Gasteiger partial charge is 0.370 e. The van der Waals surface area contributed by atoms with E-state index in [2.05, 4.69) is 26.6 Å². The topological polar surface area (TPSA) is 61.4 Å². The fourth-order valence-corrected chi connectivity index (χ4v) is 2.88. The number of amides is 1. The Morgan fingerprint density at radius 3 is 3.00 bits per heavy atom. The second-order valence-electron chi connectivity index (χ2n) is 3.54. The van der Waals surface area contributed by atoms with Gasteiger partial charge in [-0.15, -0.1) is 11.3 Å². The minimum atomic E-state index is -0.691. The minimum absolute atomic E-state index is 0.163.